The number of aromatic nitrogens is 1. The van der Waals surface area contributed by atoms with E-state index >= 15 is 0 Å². The zero-order valence-corrected chi connectivity index (χ0v) is 14.9. The van der Waals surface area contributed by atoms with Gasteiger partial charge in [0, 0.05) is 38.4 Å². The van der Waals surface area contributed by atoms with E-state index in [-0.39, 0.29) is 23.0 Å². The molecule has 1 aromatic heterocycles. The predicted molar refractivity (Wildman–Crippen MR) is 91.2 cm³/mol. The van der Waals surface area contributed by atoms with Crippen molar-refractivity contribution < 1.29 is 22.7 Å². The van der Waals surface area contributed by atoms with Gasteiger partial charge in [0.05, 0.1) is 16.7 Å². The Morgan fingerprint density at radius 3 is 2.65 bits per heavy atom. The molecule has 9 heteroatoms. The number of piperidine rings is 1. The van der Waals surface area contributed by atoms with Crippen molar-refractivity contribution >= 4 is 23.3 Å². The largest absolute Gasteiger partial charge is 0.417 e. The predicted octanol–water partition coefficient (Wildman–Crippen LogP) is 3.27. The Kier molecular flexibility index (Phi) is 5.92. The number of hydrogen-bond acceptors (Lipinski definition) is 4. The van der Waals surface area contributed by atoms with Crippen molar-refractivity contribution in [3.05, 3.63) is 22.8 Å². The van der Waals surface area contributed by atoms with Crippen LogP contribution in [0, 0.1) is 5.92 Å². The first-order valence-electron chi connectivity index (χ1n) is 8.71. The van der Waals surface area contributed by atoms with Gasteiger partial charge in [-0.2, -0.15) is 13.2 Å². The molecule has 0 aromatic carbocycles. The maximum Gasteiger partial charge on any atom is 0.417 e. The summed E-state index contributed by atoms with van der Waals surface area (Å²) in [6, 6.07) is 0.893. The first-order chi connectivity index (χ1) is 12.3. The molecule has 144 valence electrons. The van der Waals surface area contributed by atoms with E-state index in [1.54, 1.807) is 0 Å². The Morgan fingerprint density at radius 1 is 1.35 bits per heavy atom. The second-order valence-corrected chi connectivity index (χ2v) is 7.08. The molecule has 1 amide bonds. The molecule has 1 N–H and O–H groups in total. The highest BCUT2D eigenvalue weighted by molar-refractivity contribution is 6.33. The first kappa shape index (κ1) is 19.2. The molecule has 3 rings (SSSR count). The number of rotatable bonds is 4. The van der Waals surface area contributed by atoms with Crippen molar-refractivity contribution in [2.75, 3.05) is 31.1 Å². The van der Waals surface area contributed by atoms with Crippen molar-refractivity contribution in [3.8, 4) is 0 Å². The quantitative estimate of drug-likeness (QED) is 0.856. The van der Waals surface area contributed by atoms with Gasteiger partial charge in [0.2, 0.25) is 5.91 Å². The maximum absolute atomic E-state index is 12.7. The second-order valence-electron chi connectivity index (χ2n) is 6.67. The molecule has 2 fully saturated rings. The first-order valence-corrected chi connectivity index (χ1v) is 9.09. The number of hydrogen-bond donors (Lipinski definition) is 1. The fraction of sp³-hybridized carbons (Fsp3) is 0.647. The zero-order chi connectivity index (χ0) is 18.7. The summed E-state index contributed by atoms with van der Waals surface area (Å²) in [6.45, 7) is 2.33. The van der Waals surface area contributed by atoms with Crippen molar-refractivity contribution in [1.82, 2.24) is 10.3 Å². The van der Waals surface area contributed by atoms with Crippen LogP contribution in [0.15, 0.2) is 12.3 Å². The number of alkyl halides is 3. The Morgan fingerprint density at radius 2 is 2.08 bits per heavy atom. The van der Waals surface area contributed by atoms with E-state index in [2.05, 4.69) is 10.3 Å². The maximum atomic E-state index is 12.7. The summed E-state index contributed by atoms with van der Waals surface area (Å²) >= 11 is 5.99. The molecule has 0 spiro atoms. The van der Waals surface area contributed by atoms with E-state index in [4.69, 9.17) is 16.3 Å². The molecule has 0 unspecified atom stereocenters. The number of pyridine rings is 1. The van der Waals surface area contributed by atoms with Crippen LogP contribution in [-0.2, 0) is 15.7 Å². The Balaban J connectivity index is 1.52. The molecule has 2 aliphatic heterocycles. The van der Waals surface area contributed by atoms with Crippen LogP contribution in [0.3, 0.4) is 0 Å². The molecule has 2 saturated heterocycles. The van der Waals surface area contributed by atoms with Gasteiger partial charge in [-0.3, -0.25) is 4.79 Å². The van der Waals surface area contributed by atoms with Gasteiger partial charge in [0.25, 0.3) is 0 Å². The zero-order valence-electron chi connectivity index (χ0n) is 14.2. The number of ether oxygens (including phenoxy) is 1. The minimum atomic E-state index is -4.47. The highest BCUT2D eigenvalue weighted by atomic mass is 35.5. The van der Waals surface area contributed by atoms with E-state index in [9.17, 15) is 18.0 Å². The van der Waals surface area contributed by atoms with Gasteiger partial charge in [-0.15, -0.1) is 0 Å². The molecule has 0 saturated carbocycles. The number of amides is 1. The Hall–Kier alpha value is -1.54. The minimum Gasteiger partial charge on any atom is -0.376 e. The molecule has 0 aliphatic carbocycles. The van der Waals surface area contributed by atoms with Crippen LogP contribution in [0.1, 0.15) is 31.2 Å². The van der Waals surface area contributed by atoms with Gasteiger partial charge in [0.1, 0.15) is 5.82 Å². The lowest BCUT2D eigenvalue weighted by molar-refractivity contribution is -0.137. The summed E-state index contributed by atoms with van der Waals surface area (Å²) in [5, 5.41) is 2.91. The Labute approximate surface area is 154 Å². The highest BCUT2D eigenvalue weighted by Crippen LogP contribution is 2.34. The number of nitrogens with zero attached hydrogens (tertiary/aromatic N) is 2. The van der Waals surface area contributed by atoms with Crippen LogP contribution in [-0.4, -0.2) is 43.2 Å². The summed E-state index contributed by atoms with van der Waals surface area (Å²) in [4.78, 5) is 18.0. The van der Waals surface area contributed by atoms with Crippen molar-refractivity contribution in [1.29, 1.82) is 0 Å². The van der Waals surface area contributed by atoms with Crippen molar-refractivity contribution in [2.45, 2.75) is 38.0 Å². The van der Waals surface area contributed by atoms with Crippen LogP contribution < -0.4 is 10.2 Å². The molecular formula is C17H21ClF3N3O2. The lowest BCUT2D eigenvalue weighted by atomic mass is 9.95. The third-order valence-electron chi connectivity index (χ3n) is 4.84. The number of carbonyl (C=O) groups is 1. The lowest BCUT2D eigenvalue weighted by Crippen LogP contribution is -2.42. The second kappa shape index (κ2) is 8.00. The third kappa shape index (κ3) is 4.59. The fourth-order valence-electron chi connectivity index (χ4n) is 3.34. The molecule has 1 aromatic rings. The monoisotopic (exact) mass is 391 g/mol. The standard InChI is InChI=1S/C17H21ClF3N3O2/c18-14-8-12(17(19,20)21)9-22-15(14)24-5-3-11(4-6-24)16(25)23-10-13-2-1-7-26-13/h8-9,11,13H,1-7,10H2,(H,23,25)/t13-/m1/s1. The van der Waals surface area contributed by atoms with Crippen LogP contribution >= 0.6 is 11.6 Å². The van der Waals surface area contributed by atoms with E-state index < -0.39 is 11.7 Å². The molecule has 0 bridgehead atoms. The number of carbonyl (C=O) groups excluding carboxylic acids is 1. The smallest absolute Gasteiger partial charge is 0.376 e. The van der Waals surface area contributed by atoms with E-state index in [0.29, 0.717) is 38.3 Å². The van der Waals surface area contributed by atoms with Gasteiger partial charge in [0.15, 0.2) is 0 Å². The van der Waals surface area contributed by atoms with Crippen LogP contribution in [0.25, 0.3) is 0 Å². The molecule has 2 aliphatic rings. The number of halogens is 4. The summed E-state index contributed by atoms with van der Waals surface area (Å²) in [7, 11) is 0. The fourth-order valence-corrected chi connectivity index (χ4v) is 3.62. The average molecular weight is 392 g/mol. The summed E-state index contributed by atoms with van der Waals surface area (Å²) < 4.78 is 43.6. The normalized spacial score (nSPS) is 21.8. The Bertz CT molecular complexity index is 643. The minimum absolute atomic E-state index is 0.00613. The molecule has 0 radical (unpaired) electrons. The van der Waals surface area contributed by atoms with Crippen molar-refractivity contribution in [3.63, 3.8) is 0 Å². The van der Waals surface area contributed by atoms with Crippen LogP contribution in [0.4, 0.5) is 19.0 Å². The summed E-state index contributed by atoms with van der Waals surface area (Å²) in [5.41, 5.74) is -0.866. The molecule has 5 nitrogen and oxygen atoms in total. The number of anilines is 1. The van der Waals surface area contributed by atoms with Gasteiger partial charge in [-0.1, -0.05) is 11.6 Å². The average Bonchev–Trinajstić information content (AvgIpc) is 3.12. The van der Waals surface area contributed by atoms with Gasteiger partial charge in [-0.05, 0) is 31.7 Å². The summed E-state index contributed by atoms with van der Waals surface area (Å²) in [5.74, 6) is 0.227. The topological polar surface area (TPSA) is 54.5 Å². The highest BCUT2D eigenvalue weighted by Gasteiger charge is 2.33. The van der Waals surface area contributed by atoms with Crippen LogP contribution in [0.2, 0.25) is 5.02 Å². The SMILES string of the molecule is O=C(NC[C@H]1CCCO1)C1CCN(c2ncc(C(F)(F)F)cc2Cl)CC1. The van der Waals surface area contributed by atoms with Gasteiger partial charge in [-0.25, -0.2) is 4.98 Å². The molecule has 26 heavy (non-hydrogen) atoms. The third-order valence-corrected chi connectivity index (χ3v) is 5.12. The summed E-state index contributed by atoms with van der Waals surface area (Å²) in [6.07, 6.45) is -0.358. The molecule has 1 atom stereocenters. The van der Waals surface area contributed by atoms with Crippen LogP contribution in [0.5, 0.6) is 0 Å². The lowest BCUT2D eigenvalue weighted by Gasteiger charge is -2.32. The van der Waals surface area contributed by atoms with Gasteiger partial charge < -0.3 is 15.0 Å². The van der Waals surface area contributed by atoms with E-state index in [1.165, 1.54) is 0 Å². The van der Waals surface area contributed by atoms with Gasteiger partial charge >= 0.3 is 6.18 Å². The molecular weight excluding hydrogens is 371 g/mol. The van der Waals surface area contributed by atoms with E-state index in [0.717, 1.165) is 31.7 Å². The number of nitrogens with one attached hydrogen (secondary N) is 1. The van der Waals surface area contributed by atoms with E-state index in [1.807, 2.05) is 4.90 Å². The molecule has 3 heterocycles. The van der Waals surface area contributed by atoms with Crippen molar-refractivity contribution in [2.24, 2.45) is 5.92 Å².